The molecule has 0 spiro atoms. The quantitative estimate of drug-likeness (QED) is 0.666. The van der Waals surface area contributed by atoms with E-state index in [4.69, 9.17) is 0 Å². The van der Waals surface area contributed by atoms with E-state index in [-0.39, 0.29) is 5.52 Å². The molecule has 0 aliphatic heterocycles. The van der Waals surface area contributed by atoms with Gasteiger partial charge in [0.05, 0.1) is 16.5 Å². The summed E-state index contributed by atoms with van der Waals surface area (Å²) in [7, 11) is 0. The van der Waals surface area contributed by atoms with Crippen molar-refractivity contribution in [1.82, 2.24) is 4.98 Å². The van der Waals surface area contributed by atoms with Gasteiger partial charge in [-0.1, -0.05) is 6.07 Å². The van der Waals surface area contributed by atoms with Gasteiger partial charge in [0.1, 0.15) is 5.82 Å². The van der Waals surface area contributed by atoms with Crippen molar-refractivity contribution in [1.29, 1.82) is 0 Å². The smallest absolute Gasteiger partial charge is 0.354 e. The first-order valence-electron chi connectivity index (χ1n) is 6.35. The highest BCUT2D eigenvalue weighted by atomic mass is 19.4. The van der Waals surface area contributed by atoms with E-state index in [1.165, 1.54) is 36.4 Å². The van der Waals surface area contributed by atoms with Crippen LogP contribution < -0.4 is 5.43 Å². The largest absolute Gasteiger partial charge is 0.417 e. The number of H-pyrrole nitrogens is 1. The minimum absolute atomic E-state index is 0.0849. The summed E-state index contributed by atoms with van der Waals surface area (Å²) in [4.78, 5) is 14.9. The molecule has 3 aromatic rings. The van der Waals surface area contributed by atoms with Crippen LogP contribution in [0, 0.1) is 5.82 Å². The molecule has 2 nitrogen and oxygen atoms in total. The summed E-state index contributed by atoms with van der Waals surface area (Å²) < 4.78 is 51.8. The number of aromatic nitrogens is 1. The van der Waals surface area contributed by atoms with Gasteiger partial charge in [-0.05, 0) is 42.0 Å². The van der Waals surface area contributed by atoms with Crippen LogP contribution in [-0.2, 0) is 6.18 Å². The zero-order valence-electron chi connectivity index (χ0n) is 11.0. The van der Waals surface area contributed by atoms with Gasteiger partial charge in [0.25, 0.3) is 0 Å². The Hall–Kier alpha value is -2.63. The fraction of sp³-hybridized carbons (Fsp3) is 0.0625. The lowest BCUT2D eigenvalue weighted by molar-refractivity contribution is -0.136. The number of alkyl halides is 3. The Morgan fingerprint density at radius 3 is 2.27 bits per heavy atom. The molecule has 0 radical (unpaired) electrons. The van der Waals surface area contributed by atoms with Gasteiger partial charge < -0.3 is 4.98 Å². The number of aromatic amines is 1. The summed E-state index contributed by atoms with van der Waals surface area (Å²) in [6, 6.07) is 9.91. The number of rotatable bonds is 1. The average molecular weight is 307 g/mol. The summed E-state index contributed by atoms with van der Waals surface area (Å²) in [5.74, 6) is -0.439. The zero-order chi connectivity index (χ0) is 15.9. The summed E-state index contributed by atoms with van der Waals surface area (Å²) in [5.41, 5.74) is -0.783. The third kappa shape index (κ3) is 2.47. The topological polar surface area (TPSA) is 32.9 Å². The van der Waals surface area contributed by atoms with E-state index < -0.39 is 28.4 Å². The van der Waals surface area contributed by atoms with Crippen molar-refractivity contribution in [2.45, 2.75) is 6.18 Å². The number of hydrogen-bond acceptors (Lipinski definition) is 1. The molecule has 0 bridgehead atoms. The van der Waals surface area contributed by atoms with E-state index in [0.717, 1.165) is 12.1 Å². The molecule has 1 N–H and O–H groups in total. The van der Waals surface area contributed by atoms with E-state index in [1.807, 2.05) is 0 Å². The van der Waals surface area contributed by atoms with E-state index in [0.29, 0.717) is 11.3 Å². The maximum atomic E-state index is 13.0. The average Bonchev–Trinajstić information content (AvgIpc) is 2.46. The normalized spacial score (nSPS) is 11.8. The van der Waals surface area contributed by atoms with Crippen molar-refractivity contribution in [2.75, 3.05) is 0 Å². The van der Waals surface area contributed by atoms with Gasteiger partial charge in [-0.3, -0.25) is 4.79 Å². The molecule has 3 rings (SSSR count). The monoisotopic (exact) mass is 307 g/mol. The van der Waals surface area contributed by atoms with E-state index in [1.54, 1.807) is 0 Å². The minimum atomic E-state index is -4.61. The molecule has 0 aliphatic carbocycles. The van der Waals surface area contributed by atoms with E-state index in [9.17, 15) is 22.4 Å². The SMILES string of the molecule is O=c1cc(-c2ccc(F)cc2)[nH]c2cccc(C(F)(F)F)c12. The zero-order valence-corrected chi connectivity index (χ0v) is 11.0. The molecule has 0 amide bonds. The van der Waals surface area contributed by atoms with E-state index in [2.05, 4.69) is 4.98 Å². The molecule has 2 aromatic carbocycles. The highest BCUT2D eigenvalue weighted by Crippen LogP contribution is 2.33. The molecule has 0 saturated carbocycles. The summed E-state index contributed by atoms with van der Waals surface area (Å²) >= 11 is 0. The maximum Gasteiger partial charge on any atom is 0.417 e. The minimum Gasteiger partial charge on any atom is -0.354 e. The summed E-state index contributed by atoms with van der Waals surface area (Å²) in [6.45, 7) is 0. The third-order valence-electron chi connectivity index (χ3n) is 3.32. The molecule has 0 fully saturated rings. The first-order chi connectivity index (χ1) is 10.4. The molecule has 0 unspecified atom stereocenters. The lowest BCUT2D eigenvalue weighted by atomic mass is 10.0. The second kappa shape index (κ2) is 4.98. The predicted molar refractivity (Wildman–Crippen MR) is 75.0 cm³/mol. The van der Waals surface area contributed by atoms with Gasteiger partial charge >= 0.3 is 6.18 Å². The van der Waals surface area contributed by atoms with Crippen LogP contribution in [-0.4, -0.2) is 4.98 Å². The van der Waals surface area contributed by atoms with Crippen molar-refractivity contribution in [2.24, 2.45) is 0 Å². The number of pyridine rings is 1. The highest BCUT2D eigenvalue weighted by Gasteiger charge is 2.33. The predicted octanol–water partition coefficient (Wildman–Crippen LogP) is 4.35. The van der Waals surface area contributed by atoms with Crippen LogP contribution in [0.4, 0.5) is 17.6 Å². The molecule has 112 valence electrons. The lowest BCUT2D eigenvalue weighted by Gasteiger charge is -2.11. The van der Waals surface area contributed by atoms with Crippen molar-refractivity contribution in [3.8, 4) is 11.3 Å². The summed E-state index contributed by atoms with van der Waals surface area (Å²) in [6.07, 6.45) is -4.61. The maximum absolute atomic E-state index is 13.0. The van der Waals surface area contributed by atoms with Crippen LogP contribution in [0.1, 0.15) is 5.56 Å². The Morgan fingerprint density at radius 2 is 1.64 bits per heavy atom. The fourth-order valence-electron chi connectivity index (χ4n) is 2.33. The van der Waals surface area contributed by atoms with Gasteiger partial charge in [-0.2, -0.15) is 13.2 Å². The fourth-order valence-corrected chi connectivity index (χ4v) is 2.33. The van der Waals surface area contributed by atoms with Crippen LogP contribution in [0.25, 0.3) is 22.2 Å². The number of hydrogen-bond donors (Lipinski definition) is 1. The van der Waals surface area contributed by atoms with E-state index >= 15 is 0 Å². The Bertz CT molecular complexity index is 895. The number of benzene rings is 2. The van der Waals surface area contributed by atoms with Crippen LogP contribution in [0.15, 0.2) is 53.3 Å². The number of halogens is 4. The first-order valence-corrected chi connectivity index (χ1v) is 6.35. The van der Waals surface area contributed by atoms with Crippen LogP contribution in [0.2, 0.25) is 0 Å². The van der Waals surface area contributed by atoms with Crippen LogP contribution in [0.5, 0.6) is 0 Å². The first kappa shape index (κ1) is 14.3. The Balaban J connectivity index is 2.27. The molecular weight excluding hydrogens is 298 g/mol. The lowest BCUT2D eigenvalue weighted by Crippen LogP contribution is -2.12. The second-order valence-electron chi connectivity index (χ2n) is 4.78. The molecule has 22 heavy (non-hydrogen) atoms. The molecule has 0 atom stereocenters. The van der Waals surface area contributed by atoms with Crippen molar-refractivity contribution in [3.05, 3.63) is 70.1 Å². The third-order valence-corrected chi connectivity index (χ3v) is 3.32. The van der Waals surface area contributed by atoms with Gasteiger partial charge in [0, 0.05) is 11.8 Å². The highest BCUT2D eigenvalue weighted by molar-refractivity contribution is 5.85. The Labute approximate surface area is 122 Å². The molecule has 1 aromatic heterocycles. The van der Waals surface area contributed by atoms with Gasteiger partial charge in [-0.25, -0.2) is 4.39 Å². The molecule has 0 aliphatic rings. The number of fused-ring (bicyclic) bond motifs is 1. The Morgan fingerprint density at radius 1 is 0.955 bits per heavy atom. The van der Waals surface area contributed by atoms with Crippen molar-refractivity contribution < 1.29 is 17.6 Å². The number of nitrogens with one attached hydrogen (secondary N) is 1. The van der Waals surface area contributed by atoms with Gasteiger partial charge in [-0.15, -0.1) is 0 Å². The molecule has 0 saturated heterocycles. The van der Waals surface area contributed by atoms with Crippen LogP contribution in [0.3, 0.4) is 0 Å². The molecule has 6 heteroatoms. The molecule has 1 heterocycles. The summed E-state index contributed by atoms with van der Waals surface area (Å²) in [5, 5.41) is -0.402. The van der Waals surface area contributed by atoms with Crippen LogP contribution >= 0.6 is 0 Å². The standard InChI is InChI=1S/C16H9F4NO/c17-10-6-4-9(5-7-10)13-8-14(22)15-11(16(18,19)20)2-1-3-12(15)21-13/h1-8H,(H,21,22). The van der Waals surface area contributed by atoms with Crippen molar-refractivity contribution >= 4 is 10.9 Å². The second-order valence-corrected chi connectivity index (χ2v) is 4.78. The Kier molecular flexibility index (Phi) is 3.24. The van der Waals surface area contributed by atoms with Gasteiger partial charge in [0.15, 0.2) is 5.43 Å². The van der Waals surface area contributed by atoms with Crippen molar-refractivity contribution in [3.63, 3.8) is 0 Å². The van der Waals surface area contributed by atoms with Gasteiger partial charge in [0.2, 0.25) is 0 Å². The molecular formula is C16H9F4NO.